The highest BCUT2D eigenvalue weighted by Crippen LogP contribution is 2.31. The standard InChI is InChI=1S/C26H27N3O3S/c27-22-6-5-19(24-2-1-13-33-24)15-23(22)28-25(30)20-3-4-21-16-29(10-7-18(21)14-20)26(31)17-8-11-32-12-9-17/h1-6,13-15,17H,7-12,16,27H2,(H,28,30). The van der Waals surface area contributed by atoms with E-state index in [1.54, 1.807) is 11.3 Å². The highest BCUT2D eigenvalue weighted by Gasteiger charge is 2.29. The number of thiophene rings is 1. The molecule has 33 heavy (non-hydrogen) atoms. The van der Waals surface area contributed by atoms with Crippen LogP contribution in [0.25, 0.3) is 10.4 Å². The second-order valence-electron chi connectivity index (χ2n) is 8.61. The van der Waals surface area contributed by atoms with Crippen LogP contribution in [0.3, 0.4) is 0 Å². The largest absolute Gasteiger partial charge is 0.397 e. The summed E-state index contributed by atoms with van der Waals surface area (Å²) in [5.41, 5.74) is 11.1. The number of nitrogens with one attached hydrogen (secondary N) is 1. The van der Waals surface area contributed by atoms with Crippen LogP contribution in [0.5, 0.6) is 0 Å². The molecule has 2 aliphatic heterocycles. The number of ether oxygens (including phenoxy) is 1. The van der Waals surface area contributed by atoms with Gasteiger partial charge < -0.3 is 20.7 Å². The molecule has 0 aliphatic carbocycles. The van der Waals surface area contributed by atoms with E-state index in [-0.39, 0.29) is 17.7 Å². The quantitative estimate of drug-likeness (QED) is 0.558. The zero-order valence-electron chi connectivity index (χ0n) is 18.4. The van der Waals surface area contributed by atoms with Gasteiger partial charge in [0.2, 0.25) is 5.91 Å². The lowest BCUT2D eigenvalue weighted by molar-refractivity contribution is -0.139. The Labute approximate surface area is 197 Å². The first-order valence-corrected chi connectivity index (χ1v) is 12.2. The summed E-state index contributed by atoms with van der Waals surface area (Å²) >= 11 is 1.64. The van der Waals surface area contributed by atoms with Crippen LogP contribution in [0.2, 0.25) is 0 Å². The number of nitrogen functional groups attached to an aromatic ring is 1. The fourth-order valence-corrected chi connectivity index (χ4v) is 5.26. The third-order valence-corrected chi connectivity index (χ3v) is 7.39. The SMILES string of the molecule is Nc1ccc(-c2cccs2)cc1NC(=O)c1ccc2c(c1)CCN(C(=O)C1CCOCC1)C2. The van der Waals surface area contributed by atoms with Crippen molar-refractivity contribution < 1.29 is 14.3 Å². The summed E-state index contributed by atoms with van der Waals surface area (Å²) < 4.78 is 5.39. The van der Waals surface area contributed by atoms with Crippen molar-refractivity contribution in [2.24, 2.45) is 5.92 Å². The second kappa shape index (κ2) is 9.37. The van der Waals surface area contributed by atoms with Crippen molar-refractivity contribution in [2.45, 2.75) is 25.8 Å². The Balaban J connectivity index is 1.28. The third kappa shape index (κ3) is 4.65. The predicted molar refractivity (Wildman–Crippen MR) is 131 cm³/mol. The molecule has 2 amide bonds. The van der Waals surface area contributed by atoms with Crippen LogP contribution in [0.4, 0.5) is 11.4 Å². The molecular weight excluding hydrogens is 434 g/mol. The minimum Gasteiger partial charge on any atom is -0.397 e. The molecule has 5 rings (SSSR count). The predicted octanol–water partition coefficient (Wildman–Crippen LogP) is 4.56. The molecule has 7 heteroatoms. The lowest BCUT2D eigenvalue weighted by Gasteiger charge is -2.33. The molecule has 3 heterocycles. The van der Waals surface area contributed by atoms with Crippen molar-refractivity contribution in [1.29, 1.82) is 0 Å². The van der Waals surface area contributed by atoms with Gasteiger partial charge in [0.25, 0.3) is 5.91 Å². The number of fused-ring (bicyclic) bond motifs is 1. The minimum absolute atomic E-state index is 0.0701. The van der Waals surface area contributed by atoms with Gasteiger partial charge >= 0.3 is 0 Å². The van der Waals surface area contributed by atoms with E-state index >= 15 is 0 Å². The number of nitrogens with zero attached hydrogens (tertiary/aromatic N) is 1. The van der Waals surface area contributed by atoms with Crippen LogP contribution < -0.4 is 11.1 Å². The van der Waals surface area contributed by atoms with E-state index in [1.807, 2.05) is 58.8 Å². The average Bonchev–Trinajstić information content (AvgIpc) is 3.40. The topological polar surface area (TPSA) is 84.7 Å². The molecule has 1 fully saturated rings. The van der Waals surface area contributed by atoms with Crippen molar-refractivity contribution in [3.8, 4) is 10.4 Å². The fourth-order valence-electron chi connectivity index (χ4n) is 4.54. The van der Waals surface area contributed by atoms with E-state index in [4.69, 9.17) is 10.5 Å². The number of amides is 2. The number of carbonyl (C=O) groups excluding carboxylic acids is 2. The summed E-state index contributed by atoms with van der Waals surface area (Å²) in [6.45, 7) is 2.62. The lowest BCUT2D eigenvalue weighted by atomic mass is 9.94. The van der Waals surface area contributed by atoms with E-state index in [2.05, 4.69) is 5.32 Å². The molecule has 6 nitrogen and oxygen atoms in total. The number of carbonyl (C=O) groups is 2. The molecular formula is C26H27N3O3S. The van der Waals surface area contributed by atoms with E-state index in [1.165, 1.54) is 0 Å². The molecule has 170 valence electrons. The van der Waals surface area contributed by atoms with E-state index < -0.39 is 0 Å². The third-order valence-electron chi connectivity index (χ3n) is 6.47. The Morgan fingerprint density at radius 2 is 1.91 bits per heavy atom. The first-order valence-electron chi connectivity index (χ1n) is 11.3. The average molecular weight is 462 g/mol. The van der Waals surface area contributed by atoms with Crippen LogP contribution in [0.1, 0.15) is 34.3 Å². The first kappa shape index (κ1) is 21.7. The monoisotopic (exact) mass is 461 g/mol. The molecule has 2 aliphatic rings. The van der Waals surface area contributed by atoms with E-state index in [9.17, 15) is 9.59 Å². The first-order chi connectivity index (χ1) is 16.1. The molecule has 3 aromatic rings. The van der Waals surface area contributed by atoms with Crippen LogP contribution >= 0.6 is 11.3 Å². The molecule has 0 radical (unpaired) electrons. The van der Waals surface area contributed by atoms with Crippen molar-refractivity contribution in [3.05, 3.63) is 70.6 Å². The summed E-state index contributed by atoms with van der Waals surface area (Å²) in [4.78, 5) is 28.9. The molecule has 0 spiro atoms. The molecule has 0 saturated carbocycles. The maximum Gasteiger partial charge on any atom is 0.255 e. The van der Waals surface area contributed by atoms with Gasteiger partial charge in [0.15, 0.2) is 0 Å². The van der Waals surface area contributed by atoms with Crippen molar-refractivity contribution in [1.82, 2.24) is 4.90 Å². The van der Waals surface area contributed by atoms with Gasteiger partial charge in [-0.05, 0) is 71.7 Å². The molecule has 0 bridgehead atoms. The number of hydrogen-bond acceptors (Lipinski definition) is 5. The van der Waals surface area contributed by atoms with E-state index in [0.29, 0.717) is 43.2 Å². The summed E-state index contributed by atoms with van der Waals surface area (Å²) in [5.74, 6) is 0.112. The van der Waals surface area contributed by atoms with Gasteiger partial charge in [0.1, 0.15) is 0 Å². The van der Waals surface area contributed by atoms with Gasteiger partial charge in [-0.25, -0.2) is 0 Å². The summed E-state index contributed by atoms with van der Waals surface area (Å²) in [6, 6.07) is 15.5. The van der Waals surface area contributed by atoms with E-state index in [0.717, 1.165) is 40.8 Å². The normalized spacial score (nSPS) is 16.3. The number of nitrogens with two attached hydrogens (primary N) is 1. The Morgan fingerprint density at radius 1 is 1.06 bits per heavy atom. The Kier molecular flexibility index (Phi) is 6.15. The van der Waals surface area contributed by atoms with Crippen LogP contribution in [-0.2, 0) is 22.5 Å². The van der Waals surface area contributed by atoms with Gasteiger partial charge in [0.05, 0.1) is 11.4 Å². The molecule has 0 atom stereocenters. The molecule has 2 aromatic carbocycles. The maximum absolute atomic E-state index is 13.0. The Morgan fingerprint density at radius 3 is 2.70 bits per heavy atom. The number of hydrogen-bond donors (Lipinski definition) is 2. The van der Waals surface area contributed by atoms with Gasteiger partial charge in [0, 0.05) is 42.7 Å². The highest BCUT2D eigenvalue weighted by molar-refractivity contribution is 7.13. The maximum atomic E-state index is 13.0. The number of anilines is 2. The lowest BCUT2D eigenvalue weighted by Crippen LogP contribution is -2.41. The molecule has 1 aromatic heterocycles. The van der Waals surface area contributed by atoms with Crippen LogP contribution in [0.15, 0.2) is 53.9 Å². The van der Waals surface area contributed by atoms with Crippen LogP contribution in [-0.4, -0.2) is 36.5 Å². The Hall–Kier alpha value is -3.16. The van der Waals surface area contributed by atoms with Crippen LogP contribution in [0, 0.1) is 5.92 Å². The van der Waals surface area contributed by atoms with Gasteiger partial charge in [-0.3, -0.25) is 9.59 Å². The van der Waals surface area contributed by atoms with Gasteiger partial charge in [-0.1, -0.05) is 18.2 Å². The van der Waals surface area contributed by atoms with Crippen molar-refractivity contribution in [2.75, 3.05) is 30.8 Å². The van der Waals surface area contributed by atoms with Gasteiger partial charge in [-0.15, -0.1) is 11.3 Å². The van der Waals surface area contributed by atoms with Crippen molar-refractivity contribution >= 4 is 34.5 Å². The minimum atomic E-state index is -0.187. The second-order valence-corrected chi connectivity index (χ2v) is 9.56. The van der Waals surface area contributed by atoms with Gasteiger partial charge in [-0.2, -0.15) is 0 Å². The summed E-state index contributed by atoms with van der Waals surface area (Å²) in [5, 5.41) is 4.99. The molecule has 3 N–H and O–H groups in total. The summed E-state index contributed by atoms with van der Waals surface area (Å²) in [6.07, 6.45) is 2.36. The fraction of sp³-hybridized carbons (Fsp3) is 0.308. The number of benzene rings is 2. The molecule has 0 unspecified atom stereocenters. The molecule has 1 saturated heterocycles. The highest BCUT2D eigenvalue weighted by atomic mass is 32.1. The zero-order valence-corrected chi connectivity index (χ0v) is 19.2. The smallest absolute Gasteiger partial charge is 0.255 e. The summed E-state index contributed by atoms with van der Waals surface area (Å²) in [7, 11) is 0. The Bertz CT molecular complexity index is 1170. The van der Waals surface area contributed by atoms with Crippen molar-refractivity contribution in [3.63, 3.8) is 0 Å². The zero-order chi connectivity index (χ0) is 22.8. The number of rotatable bonds is 4.